The van der Waals surface area contributed by atoms with Crippen molar-refractivity contribution in [3.8, 4) is 0 Å². The number of hydrogen-bond donors (Lipinski definition) is 2. The Balaban J connectivity index is 1.75. The highest BCUT2D eigenvalue weighted by molar-refractivity contribution is 6.30. The number of fused-ring (bicyclic) bond motifs is 1. The maximum absolute atomic E-state index is 5.94. The Kier molecular flexibility index (Phi) is 3.68. The van der Waals surface area contributed by atoms with E-state index in [0.29, 0.717) is 12.1 Å². The van der Waals surface area contributed by atoms with E-state index in [4.69, 9.17) is 17.3 Å². The zero-order valence-corrected chi connectivity index (χ0v) is 12.3. The van der Waals surface area contributed by atoms with Crippen LogP contribution in [0.4, 0.5) is 5.69 Å². The van der Waals surface area contributed by atoms with E-state index in [1.54, 1.807) is 0 Å². The van der Waals surface area contributed by atoms with E-state index < -0.39 is 0 Å². The van der Waals surface area contributed by atoms with Crippen LogP contribution in [-0.4, -0.2) is 0 Å². The van der Waals surface area contributed by atoms with Crippen molar-refractivity contribution in [2.45, 2.75) is 31.8 Å². The average molecular weight is 287 g/mol. The predicted octanol–water partition coefficient (Wildman–Crippen LogP) is 4.26. The molecular weight excluding hydrogens is 268 g/mol. The van der Waals surface area contributed by atoms with Crippen LogP contribution in [0.2, 0.25) is 5.02 Å². The zero-order chi connectivity index (χ0) is 14.1. The lowest BCUT2D eigenvalue weighted by Gasteiger charge is -2.21. The standard InChI is InChI=1S/C17H19ClN2/c1-11(12-2-5-14(18)6-3-12)20-17-9-4-13-10-15(19)7-8-16(13)17/h2-3,5-8,10-11,17,20H,4,9,19H2,1H3. The highest BCUT2D eigenvalue weighted by Gasteiger charge is 2.23. The van der Waals surface area contributed by atoms with Gasteiger partial charge in [-0.1, -0.05) is 29.8 Å². The molecule has 0 amide bonds. The van der Waals surface area contributed by atoms with Crippen LogP contribution in [0.25, 0.3) is 0 Å². The summed E-state index contributed by atoms with van der Waals surface area (Å²) in [6, 6.07) is 15.0. The molecule has 0 saturated heterocycles. The smallest absolute Gasteiger partial charge is 0.0406 e. The van der Waals surface area contributed by atoms with Gasteiger partial charge in [0.05, 0.1) is 0 Å². The van der Waals surface area contributed by atoms with E-state index in [2.05, 4.69) is 36.5 Å². The fourth-order valence-electron chi connectivity index (χ4n) is 2.96. The number of benzene rings is 2. The number of halogens is 1. The fourth-order valence-corrected chi connectivity index (χ4v) is 3.09. The Hall–Kier alpha value is -1.51. The molecule has 1 aliphatic rings. The van der Waals surface area contributed by atoms with Crippen molar-refractivity contribution in [2.24, 2.45) is 0 Å². The van der Waals surface area contributed by atoms with E-state index in [1.807, 2.05) is 18.2 Å². The Morgan fingerprint density at radius 1 is 1.20 bits per heavy atom. The van der Waals surface area contributed by atoms with Crippen molar-refractivity contribution < 1.29 is 0 Å². The lowest BCUT2D eigenvalue weighted by Crippen LogP contribution is -2.22. The summed E-state index contributed by atoms with van der Waals surface area (Å²) in [6.45, 7) is 2.19. The molecule has 2 unspecified atom stereocenters. The fraction of sp³-hybridized carbons (Fsp3) is 0.294. The number of rotatable bonds is 3. The largest absolute Gasteiger partial charge is 0.399 e. The second-order valence-corrected chi connectivity index (χ2v) is 5.93. The number of aryl methyl sites for hydroxylation is 1. The van der Waals surface area contributed by atoms with Crippen molar-refractivity contribution in [2.75, 3.05) is 5.73 Å². The third kappa shape index (κ3) is 2.67. The Morgan fingerprint density at radius 3 is 2.70 bits per heavy atom. The first kappa shape index (κ1) is 13.5. The molecule has 20 heavy (non-hydrogen) atoms. The van der Waals surface area contributed by atoms with Crippen molar-refractivity contribution in [3.63, 3.8) is 0 Å². The molecule has 0 spiro atoms. The number of hydrogen-bond acceptors (Lipinski definition) is 2. The summed E-state index contributed by atoms with van der Waals surface area (Å²) in [7, 11) is 0. The molecule has 104 valence electrons. The molecule has 2 atom stereocenters. The van der Waals surface area contributed by atoms with E-state index in [0.717, 1.165) is 23.6 Å². The van der Waals surface area contributed by atoms with E-state index in [1.165, 1.54) is 16.7 Å². The topological polar surface area (TPSA) is 38.0 Å². The summed E-state index contributed by atoms with van der Waals surface area (Å²) in [5.41, 5.74) is 10.7. The second-order valence-electron chi connectivity index (χ2n) is 5.49. The van der Waals surface area contributed by atoms with Crippen molar-refractivity contribution >= 4 is 17.3 Å². The zero-order valence-electron chi connectivity index (χ0n) is 11.6. The summed E-state index contributed by atoms with van der Waals surface area (Å²) < 4.78 is 0. The van der Waals surface area contributed by atoms with Crippen LogP contribution in [0.1, 0.15) is 42.1 Å². The molecule has 0 aromatic heterocycles. The highest BCUT2D eigenvalue weighted by Crippen LogP contribution is 2.34. The van der Waals surface area contributed by atoms with Crippen LogP contribution in [0.15, 0.2) is 42.5 Å². The molecule has 0 bridgehead atoms. The molecular formula is C17H19ClN2. The van der Waals surface area contributed by atoms with Gasteiger partial charge in [0.2, 0.25) is 0 Å². The molecule has 3 N–H and O–H groups in total. The van der Waals surface area contributed by atoms with Crippen LogP contribution >= 0.6 is 11.6 Å². The van der Waals surface area contributed by atoms with Crippen LogP contribution < -0.4 is 11.1 Å². The third-order valence-corrected chi connectivity index (χ3v) is 4.32. The third-order valence-electron chi connectivity index (χ3n) is 4.07. The summed E-state index contributed by atoms with van der Waals surface area (Å²) in [5.74, 6) is 0. The van der Waals surface area contributed by atoms with Crippen molar-refractivity contribution in [1.29, 1.82) is 0 Å². The molecule has 3 heteroatoms. The van der Waals surface area contributed by atoms with Gasteiger partial charge in [0.1, 0.15) is 0 Å². The monoisotopic (exact) mass is 286 g/mol. The molecule has 3 rings (SSSR count). The van der Waals surface area contributed by atoms with Gasteiger partial charge in [-0.2, -0.15) is 0 Å². The van der Waals surface area contributed by atoms with Gasteiger partial charge >= 0.3 is 0 Å². The summed E-state index contributed by atoms with van der Waals surface area (Å²) in [4.78, 5) is 0. The van der Waals surface area contributed by atoms with Gasteiger partial charge in [0.15, 0.2) is 0 Å². The predicted molar refractivity (Wildman–Crippen MR) is 84.9 cm³/mol. The Bertz CT molecular complexity index is 607. The van der Waals surface area contributed by atoms with Crippen LogP contribution in [0, 0.1) is 0 Å². The van der Waals surface area contributed by atoms with Crippen molar-refractivity contribution in [1.82, 2.24) is 5.32 Å². The van der Waals surface area contributed by atoms with Gasteiger partial charge in [-0.25, -0.2) is 0 Å². The maximum atomic E-state index is 5.94. The molecule has 2 aromatic carbocycles. The van der Waals surface area contributed by atoms with E-state index in [-0.39, 0.29) is 0 Å². The molecule has 0 fully saturated rings. The first-order valence-corrected chi connectivity index (χ1v) is 7.41. The Labute approximate surface area is 125 Å². The van der Waals surface area contributed by atoms with Gasteiger partial charge < -0.3 is 11.1 Å². The molecule has 0 heterocycles. The maximum Gasteiger partial charge on any atom is 0.0406 e. The van der Waals surface area contributed by atoms with Crippen LogP contribution in [0.3, 0.4) is 0 Å². The minimum absolute atomic E-state index is 0.306. The number of nitrogens with two attached hydrogens (primary N) is 1. The van der Waals surface area contributed by atoms with Crippen LogP contribution in [0.5, 0.6) is 0 Å². The van der Waals surface area contributed by atoms with Crippen molar-refractivity contribution in [3.05, 3.63) is 64.2 Å². The molecule has 1 aliphatic carbocycles. The van der Waals surface area contributed by atoms with E-state index >= 15 is 0 Å². The number of nitrogens with one attached hydrogen (secondary N) is 1. The van der Waals surface area contributed by atoms with Crippen LogP contribution in [-0.2, 0) is 6.42 Å². The molecule has 2 aromatic rings. The van der Waals surface area contributed by atoms with Gasteiger partial charge in [-0.15, -0.1) is 0 Å². The van der Waals surface area contributed by atoms with Gasteiger partial charge in [0.25, 0.3) is 0 Å². The lowest BCUT2D eigenvalue weighted by molar-refractivity contribution is 0.465. The molecule has 2 nitrogen and oxygen atoms in total. The first-order chi connectivity index (χ1) is 9.63. The van der Waals surface area contributed by atoms with Gasteiger partial charge in [0, 0.05) is 22.8 Å². The lowest BCUT2D eigenvalue weighted by atomic mass is 10.0. The number of nitrogen functional groups attached to an aromatic ring is 1. The molecule has 0 saturated carbocycles. The minimum Gasteiger partial charge on any atom is -0.399 e. The van der Waals surface area contributed by atoms with Gasteiger partial charge in [-0.3, -0.25) is 0 Å². The first-order valence-electron chi connectivity index (χ1n) is 7.03. The summed E-state index contributed by atoms with van der Waals surface area (Å²) in [5, 5.41) is 4.49. The van der Waals surface area contributed by atoms with E-state index in [9.17, 15) is 0 Å². The molecule has 0 radical (unpaired) electrons. The normalized spacial score (nSPS) is 18.8. The SMILES string of the molecule is CC(NC1CCc2cc(N)ccc21)c1ccc(Cl)cc1. The number of anilines is 1. The highest BCUT2D eigenvalue weighted by atomic mass is 35.5. The quantitative estimate of drug-likeness (QED) is 0.828. The summed E-state index contributed by atoms with van der Waals surface area (Å²) >= 11 is 5.94. The molecule has 0 aliphatic heterocycles. The second kappa shape index (κ2) is 5.47. The minimum atomic E-state index is 0.306. The van der Waals surface area contributed by atoms with Gasteiger partial charge in [-0.05, 0) is 60.7 Å². The average Bonchev–Trinajstić information content (AvgIpc) is 2.81. The summed E-state index contributed by atoms with van der Waals surface area (Å²) in [6.07, 6.45) is 2.24. The Morgan fingerprint density at radius 2 is 1.95 bits per heavy atom.